The summed E-state index contributed by atoms with van der Waals surface area (Å²) < 4.78 is 0. The summed E-state index contributed by atoms with van der Waals surface area (Å²) in [6, 6.07) is 7.91. The first-order chi connectivity index (χ1) is 9.47. The lowest BCUT2D eigenvalue weighted by Gasteiger charge is -2.01. The molecule has 4 N–H and O–H groups in total. The molecule has 2 rings (SSSR count). The smallest absolute Gasteiger partial charge is 0.339 e. The van der Waals surface area contributed by atoms with Crippen molar-refractivity contribution in [3.63, 3.8) is 0 Å². The quantitative estimate of drug-likeness (QED) is 0.641. The van der Waals surface area contributed by atoms with E-state index in [1.165, 1.54) is 42.6 Å². The predicted molar refractivity (Wildman–Crippen MR) is 72.1 cm³/mol. The van der Waals surface area contributed by atoms with Gasteiger partial charge in [0.1, 0.15) is 22.8 Å². The molecule has 0 atom stereocenters. The number of phenolic OH excluding ortho intramolecular Hbond substituents is 2. The molecule has 0 fully saturated rings. The van der Waals surface area contributed by atoms with Crippen LogP contribution in [0.25, 0.3) is 0 Å². The summed E-state index contributed by atoms with van der Waals surface area (Å²) in [5.74, 6) is -1.82. The van der Waals surface area contributed by atoms with Gasteiger partial charge in [-0.3, -0.25) is 4.99 Å². The Labute approximate surface area is 113 Å². The van der Waals surface area contributed by atoms with Gasteiger partial charge in [-0.05, 0) is 30.3 Å². The highest BCUT2D eigenvalue weighted by Gasteiger charge is 2.09. The van der Waals surface area contributed by atoms with E-state index < -0.39 is 5.97 Å². The van der Waals surface area contributed by atoms with Gasteiger partial charge in [-0.2, -0.15) is 0 Å². The van der Waals surface area contributed by atoms with Crippen LogP contribution in [0.4, 0.5) is 5.69 Å². The number of nitrogens with zero attached hydrogens (tertiary/aromatic N) is 1. The van der Waals surface area contributed by atoms with Crippen LogP contribution in [0.5, 0.6) is 17.2 Å². The van der Waals surface area contributed by atoms with Gasteiger partial charge in [-0.1, -0.05) is 0 Å². The fourth-order valence-electron chi connectivity index (χ4n) is 1.56. The Morgan fingerprint density at radius 3 is 2.40 bits per heavy atom. The van der Waals surface area contributed by atoms with E-state index in [1.807, 2.05) is 0 Å². The van der Waals surface area contributed by atoms with E-state index in [0.29, 0.717) is 11.3 Å². The molecule has 0 aliphatic carbocycles. The number of carboxylic acids is 1. The molecule has 0 radical (unpaired) electrons. The van der Waals surface area contributed by atoms with Crippen molar-refractivity contribution in [3.05, 3.63) is 47.5 Å². The average Bonchev–Trinajstić information content (AvgIpc) is 2.39. The van der Waals surface area contributed by atoms with Crippen molar-refractivity contribution in [2.24, 2.45) is 4.99 Å². The fourth-order valence-corrected chi connectivity index (χ4v) is 1.56. The van der Waals surface area contributed by atoms with Gasteiger partial charge in [0.2, 0.25) is 0 Å². The minimum Gasteiger partial charge on any atom is -0.508 e. The van der Waals surface area contributed by atoms with Crippen molar-refractivity contribution in [2.75, 3.05) is 0 Å². The molecule has 0 heterocycles. The molecule has 102 valence electrons. The molecule has 2 aromatic carbocycles. The van der Waals surface area contributed by atoms with Gasteiger partial charge in [-0.15, -0.1) is 0 Å². The lowest BCUT2D eigenvalue weighted by Crippen LogP contribution is -1.95. The maximum atomic E-state index is 10.9. The van der Waals surface area contributed by atoms with Crippen LogP contribution in [0, 0.1) is 0 Å². The van der Waals surface area contributed by atoms with Gasteiger partial charge < -0.3 is 20.4 Å². The third-order valence-electron chi connectivity index (χ3n) is 2.58. The number of benzene rings is 2. The maximum Gasteiger partial charge on any atom is 0.339 e. The number of aromatic hydroxyl groups is 3. The van der Waals surface area contributed by atoms with Crippen molar-refractivity contribution in [2.45, 2.75) is 0 Å². The van der Waals surface area contributed by atoms with Crippen LogP contribution in [-0.2, 0) is 0 Å². The van der Waals surface area contributed by atoms with Crippen molar-refractivity contribution >= 4 is 17.9 Å². The van der Waals surface area contributed by atoms with E-state index in [-0.39, 0.29) is 22.8 Å². The van der Waals surface area contributed by atoms with Crippen LogP contribution in [0.3, 0.4) is 0 Å². The minimum atomic E-state index is -1.26. The fraction of sp³-hybridized carbons (Fsp3) is 0. The zero-order valence-corrected chi connectivity index (χ0v) is 10.2. The lowest BCUT2D eigenvalue weighted by atomic mass is 10.1. The van der Waals surface area contributed by atoms with Crippen LogP contribution >= 0.6 is 0 Å². The average molecular weight is 273 g/mol. The Kier molecular flexibility index (Phi) is 3.56. The monoisotopic (exact) mass is 273 g/mol. The second-order valence-electron chi connectivity index (χ2n) is 4.01. The maximum absolute atomic E-state index is 10.9. The summed E-state index contributed by atoms with van der Waals surface area (Å²) in [5.41, 5.74) is 0.426. The van der Waals surface area contributed by atoms with E-state index in [2.05, 4.69) is 4.99 Å². The molecule has 0 spiro atoms. The van der Waals surface area contributed by atoms with E-state index in [9.17, 15) is 15.0 Å². The Bertz CT molecular complexity index is 694. The molecule has 0 aliphatic rings. The summed E-state index contributed by atoms with van der Waals surface area (Å²) in [5, 5.41) is 37.0. The Hall–Kier alpha value is -3.02. The molecular weight excluding hydrogens is 262 g/mol. The summed E-state index contributed by atoms with van der Waals surface area (Å²) in [6.07, 6.45) is 1.33. The molecule has 20 heavy (non-hydrogen) atoms. The summed E-state index contributed by atoms with van der Waals surface area (Å²) >= 11 is 0. The van der Waals surface area contributed by atoms with Crippen LogP contribution in [0.15, 0.2) is 41.4 Å². The standard InChI is InChI=1S/C14H11NO5/c16-10-3-1-8(13(18)6-10)7-15-9-2-4-12(17)11(5-9)14(19)20/h1-7,16-18H,(H,19,20). The van der Waals surface area contributed by atoms with Crippen LogP contribution in [0.2, 0.25) is 0 Å². The van der Waals surface area contributed by atoms with Gasteiger partial charge in [0, 0.05) is 17.8 Å². The van der Waals surface area contributed by atoms with Crippen LogP contribution < -0.4 is 0 Å². The molecule has 0 saturated heterocycles. The van der Waals surface area contributed by atoms with Crippen LogP contribution in [-0.4, -0.2) is 32.6 Å². The zero-order valence-electron chi connectivity index (χ0n) is 10.2. The number of phenols is 3. The summed E-state index contributed by atoms with van der Waals surface area (Å²) in [6.45, 7) is 0. The number of hydrogen-bond acceptors (Lipinski definition) is 5. The highest BCUT2D eigenvalue weighted by atomic mass is 16.4. The molecule has 0 saturated carbocycles. The van der Waals surface area contributed by atoms with Crippen LogP contribution in [0.1, 0.15) is 15.9 Å². The molecule has 0 unspecified atom stereocenters. The van der Waals surface area contributed by atoms with Gasteiger partial charge in [-0.25, -0.2) is 4.79 Å². The molecule has 6 nitrogen and oxygen atoms in total. The molecule has 6 heteroatoms. The minimum absolute atomic E-state index is 0.0718. The molecule has 0 aliphatic heterocycles. The predicted octanol–water partition coefficient (Wildman–Crippen LogP) is 2.25. The number of rotatable bonds is 3. The molecule has 0 amide bonds. The second-order valence-corrected chi connectivity index (χ2v) is 4.01. The largest absolute Gasteiger partial charge is 0.508 e. The van der Waals surface area contributed by atoms with Crippen molar-refractivity contribution in [1.82, 2.24) is 0 Å². The number of carboxylic acid groups (broad SMARTS) is 1. The third kappa shape index (κ3) is 2.86. The van der Waals surface area contributed by atoms with Gasteiger partial charge >= 0.3 is 5.97 Å². The first-order valence-electron chi connectivity index (χ1n) is 5.60. The number of carbonyl (C=O) groups is 1. The molecular formula is C14H11NO5. The third-order valence-corrected chi connectivity index (χ3v) is 2.58. The van der Waals surface area contributed by atoms with E-state index in [0.717, 1.165) is 0 Å². The van der Waals surface area contributed by atoms with E-state index in [1.54, 1.807) is 0 Å². The lowest BCUT2D eigenvalue weighted by molar-refractivity contribution is 0.0693. The van der Waals surface area contributed by atoms with Crippen molar-refractivity contribution in [1.29, 1.82) is 0 Å². The molecule has 0 bridgehead atoms. The Morgan fingerprint density at radius 2 is 1.75 bits per heavy atom. The highest BCUT2D eigenvalue weighted by molar-refractivity contribution is 5.92. The van der Waals surface area contributed by atoms with Gasteiger partial charge in [0.05, 0.1) is 5.69 Å². The Balaban J connectivity index is 2.32. The summed E-state index contributed by atoms with van der Waals surface area (Å²) in [4.78, 5) is 14.9. The van der Waals surface area contributed by atoms with E-state index >= 15 is 0 Å². The van der Waals surface area contributed by atoms with Gasteiger partial charge in [0.15, 0.2) is 0 Å². The van der Waals surface area contributed by atoms with Crippen molar-refractivity contribution in [3.8, 4) is 17.2 Å². The first-order valence-corrected chi connectivity index (χ1v) is 5.60. The zero-order chi connectivity index (χ0) is 14.7. The SMILES string of the molecule is O=C(O)c1cc(N=Cc2ccc(O)cc2O)ccc1O. The topological polar surface area (TPSA) is 110 Å². The number of aromatic carboxylic acids is 1. The normalized spacial score (nSPS) is 10.8. The Morgan fingerprint density at radius 1 is 1.00 bits per heavy atom. The first kappa shape index (κ1) is 13.4. The highest BCUT2D eigenvalue weighted by Crippen LogP contribution is 2.25. The van der Waals surface area contributed by atoms with Crippen molar-refractivity contribution < 1.29 is 25.2 Å². The van der Waals surface area contributed by atoms with E-state index in [4.69, 9.17) is 10.2 Å². The number of aliphatic imine (C=N–C) groups is 1. The molecule has 2 aromatic rings. The summed E-state index contributed by atoms with van der Waals surface area (Å²) in [7, 11) is 0. The molecule has 0 aromatic heterocycles. The number of hydrogen-bond donors (Lipinski definition) is 4. The van der Waals surface area contributed by atoms with Gasteiger partial charge in [0.25, 0.3) is 0 Å². The second kappa shape index (κ2) is 5.31.